The molecule has 0 saturated heterocycles. The molecule has 0 unspecified atom stereocenters. The van der Waals surface area contributed by atoms with Gasteiger partial charge in [-0.1, -0.05) is 6.07 Å². The molecule has 178 valence electrons. The highest BCUT2D eigenvalue weighted by atomic mass is 19.4. The van der Waals surface area contributed by atoms with Crippen molar-refractivity contribution in [2.24, 2.45) is 7.05 Å². The lowest BCUT2D eigenvalue weighted by molar-refractivity contribution is -0.154. The van der Waals surface area contributed by atoms with Crippen LogP contribution in [0.5, 0.6) is 11.8 Å². The Morgan fingerprint density at radius 1 is 1.00 bits per heavy atom. The third-order valence-corrected chi connectivity index (χ3v) is 5.14. The number of pyridine rings is 2. The molecule has 1 aromatic carbocycles. The molecule has 0 fully saturated rings. The predicted molar refractivity (Wildman–Crippen MR) is 121 cm³/mol. The lowest BCUT2D eigenvalue weighted by Gasteiger charge is -2.14. The number of benzene rings is 1. The summed E-state index contributed by atoms with van der Waals surface area (Å²) in [7, 11) is 3.25. The zero-order valence-electron chi connectivity index (χ0n) is 18.4. The van der Waals surface area contributed by atoms with Crippen molar-refractivity contribution in [3.05, 3.63) is 65.2 Å². The molecule has 12 heteroatoms. The molecule has 0 N–H and O–H groups in total. The minimum absolute atomic E-state index is 0.0212. The van der Waals surface area contributed by atoms with Crippen molar-refractivity contribution in [2.45, 2.75) is 6.18 Å². The number of halogens is 3. The highest BCUT2D eigenvalue weighted by molar-refractivity contribution is 5.85. The largest absolute Gasteiger partial charge is 0.481 e. The Hall–Kier alpha value is -4.48. The van der Waals surface area contributed by atoms with Gasteiger partial charge < -0.3 is 9.47 Å². The van der Waals surface area contributed by atoms with Crippen molar-refractivity contribution in [1.82, 2.24) is 29.3 Å². The summed E-state index contributed by atoms with van der Waals surface area (Å²) >= 11 is 0. The number of hydrogen-bond donors (Lipinski definition) is 0. The van der Waals surface area contributed by atoms with Crippen molar-refractivity contribution in [2.75, 3.05) is 13.7 Å². The molecule has 0 aliphatic carbocycles. The fourth-order valence-corrected chi connectivity index (χ4v) is 3.63. The van der Waals surface area contributed by atoms with Crippen LogP contribution in [0.4, 0.5) is 13.2 Å². The van der Waals surface area contributed by atoms with E-state index in [4.69, 9.17) is 9.47 Å². The van der Waals surface area contributed by atoms with Gasteiger partial charge in [0, 0.05) is 36.3 Å². The van der Waals surface area contributed by atoms with Crippen LogP contribution in [0.2, 0.25) is 0 Å². The summed E-state index contributed by atoms with van der Waals surface area (Å²) in [5.41, 5.74) is 1.52. The molecule has 4 aromatic heterocycles. The number of hydrogen-bond acceptors (Lipinski definition) is 7. The normalized spacial score (nSPS) is 11.8. The second kappa shape index (κ2) is 8.38. The van der Waals surface area contributed by atoms with Crippen molar-refractivity contribution in [1.29, 1.82) is 0 Å². The van der Waals surface area contributed by atoms with Crippen molar-refractivity contribution >= 4 is 22.1 Å². The summed E-state index contributed by atoms with van der Waals surface area (Å²) in [5, 5.41) is 5.15. The quantitative estimate of drug-likeness (QED) is 0.377. The van der Waals surface area contributed by atoms with Gasteiger partial charge in [-0.05, 0) is 24.3 Å². The monoisotopic (exact) mass is 482 g/mol. The predicted octanol–water partition coefficient (Wildman–Crippen LogP) is 3.68. The third-order valence-electron chi connectivity index (χ3n) is 5.14. The van der Waals surface area contributed by atoms with E-state index in [-0.39, 0.29) is 22.7 Å². The van der Waals surface area contributed by atoms with E-state index in [0.29, 0.717) is 17.1 Å². The van der Waals surface area contributed by atoms with Crippen LogP contribution in [0.1, 0.15) is 0 Å². The van der Waals surface area contributed by atoms with Gasteiger partial charge in [0.2, 0.25) is 11.8 Å². The van der Waals surface area contributed by atoms with Gasteiger partial charge in [0.1, 0.15) is 11.2 Å². The van der Waals surface area contributed by atoms with Gasteiger partial charge in [-0.2, -0.15) is 23.3 Å². The Balaban J connectivity index is 1.72. The molecule has 9 nitrogen and oxygen atoms in total. The number of aromatic nitrogens is 6. The Bertz CT molecular complexity index is 1610. The summed E-state index contributed by atoms with van der Waals surface area (Å²) in [6, 6.07) is 11.2. The lowest BCUT2D eigenvalue weighted by Crippen LogP contribution is -2.24. The van der Waals surface area contributed by atoms with E-state index in [1.807, 2.05) is 6.20 Å². The van der Waals surface area contributed by atoms with E-state index in [1.54, 1.807) is 42.1 Å². The molecule has 0 aliphatic heterocycles. The molecule has 0 spiro atoms. The fourth-order valence-electron chi connectivity index (χ4n) is 3.63. The lowest BCUT2D eigenvalue weighted by atomic mass is 10.1. The SMILES string of the molecule is COc1ccc(-n2c(=O)c(-c3ccc4nn(C)cc4c3)nc3ccc(OCC(F)(F)F)nc32)cn1. The molecular weight excluding hydrogens is 465 g/mol. The second-order valence-electron chi connectivity index (χ2n) is 7.63. The molecule has 0 bridgehead atoms. The Morgan fingerprint density at radius 2 is 1.77 bits per heavy atom. The first kappa shape index (κ1) is 22.3. The second-order valence-corrected chi connectivity index (χ2v) is 7.63. The molecule has 0 amide bonds. The van der Waals surface area contributed by atoms with Crippen LogP contribution < -0.4 is 15.0 Å². The molecule has 0 radical (unpaired) electrons. The first-order valence-corrected chi connectivity index (χ1v) is 10.3. The van der Waals surface area contributed by atoms with E-state index >= 15 is 0 Å². The van der Waals surface area contributed by atoms with Crippen molar-refractivity contribution in [3.8, 4) is 28.7 Å². The van der Waals surface area contributed by atoms with Crippen LogP contribution in [0, 0.1) is 0 Å². The topological polar surface area (TPSA) is 97.0 Å². The molecule has 0 atom stereocenters. The van der Waals surface area contributed by atoms with E-state index in [9.17, 15) is 18.0 Å². The number of alkyl halides is 3. The molecule has 0 aliphatic rings. The average Bonchev–Trinajstić information content (AvgIpc) is 3.21. The Kier molecular flexibility index (Phi) is 5.35. The Morgan fingerprint density at radius 3 is 2.49 bits per heavy atom. The van der Waals surface area contributed by atoms with Crippen LogP contribution in [0.15, 0.2) is 59.7 Å². The van der Waals surface area contributed by atoms with Crippen LogP contribution in [0.25, 0.3) is 39.0 Å². The minimum atomic E-state index is -4.54. The maximum absolute atomic E-state index is 13.7. The summed E-state index contributed by atoms with van der Waals surface area (Å²) in [6.07, 6.45) is -1.32. The fraction of sp³-hybridized carbons (Fsp3) is 0.174. The van der Waals surface area contributed by atoms with Gasteiger partial charge in [0.05, 0.1) is 24.5 Å². The summed E-state index contributed by atoms with van der Waals surface area (Å²) in [6.45, 7) is -1.52. The van der Waals surface area contributed by atoms with E-state index in [2.05, 4.69) is 20.1 Å². The standard InChI is InChI=1S/C23H17F3N6O3/c1-31-11-14-9-13(3-5-16(14)30-31)20-22(33)32(15-4-7-18(34-2)27-10-15)21-17(28-20)6-8-19(29-21)35-12-23(24,25)26/h3-11H,12H2,1-2H3. The maximum atomic E-state index is 13.7. The van der Waals surface area contributed by atoms with Gasteiger partial charge in [-0.3, -0.25) is 14.0 Å². The van der Waals surface area contributed by atoms with Gasteiger partial charge in [0.25, 0.3) is 5.56 Å². The van der Waals surface area contributed by atoms with Gasteiger partial charge in [-0.25, -0.2) is 9.97 Å². The minimum Gasteiger partial charge on any atom is -0.481 e. The number of fused-ring (bicyclic) bond motifs is 2. The van der Waals surface area contributed by atoms with Crippen molar-refractivity contribution < 1.29 is 22.6 Å². The number of methoxy groups -OCH3 is 1. The zero-order valence-corrected chi connectivity index (χ0v) is 18.4. The van der Waals surface area contributed by atoms with E-state index in [0.717, 1.165) is 10.9 Å². The number of ether oxygens (including phenoxy) is 2. The molecule has 35 heavy (non-hydrogen) atoms. The van der Waals surface area contributed by atoms with Gasteiger partial charge in [-0.15, -0.1) is 0 Å². The molecular formula is C23H17F3N6O3. The summed E-state index contributed by atoms with van der Waals surface area (Å²) < 4.78 is 50.7. The van der Waals surface area contributed by atoms with Crippen LogP contribution in [-0.2, 0) is 7.05 Å². The molecule has 5 rings (SSSR count). The van der Waals surface area contributed by atoms with Crippen LogP contribution in [0.3, 0.4) is 0 Å². The average molecular weight is 482 g/mol. The highest BCUT2D eigenvalue weighted by Gasteiger charge is 2.29. The number of aryl methyl sites for hydroxylation is 1. The molecule has 5 aromatic rings. The van der Waals surface area contributed by atoms with Gasteiger partial charge >= 0.3 is 6.18 Å². The summed E-state index contributed by atoms with van der Waals surface area (Å²) in [5.74, 6) is 0.0281. The smallest absolute Gasteiger partial charge is 0.422 e. The van der Waals surface area contributed by atoms with Crippen LogP contribution in [-0.4, -0.2) is 49.2 Å². The van der Waals surface area contributed by atoms with Crippen molar-refractivity contribution in [3.63, 3.8) is 0 Å². The molecule has 0 saturated carbocycles. The first-order valence-electron chi connectivity index (χ1n) is 10.3. The first-order chi connectivity index (χ1) is 16.7. The number of rotatable bonds is 5. The molecule has 4 heterocycles. The van der Waals surface area contributed by atoms with Gasteiger partial charge in [0.15, 0.2) is 12.3 Å². The Labute approximate surface area is 195 Å². The number of nitrogens with zero attached hydrogens (tertiary/aromatic N) is 6. The highest BCUT2D eigenvalue weighted by Crippen LogP contribution is 2.25. The van der Waals surface area contributed by atoms with E-state index < -0.39 is 18.3 Å². The van der Waals surface area contributed by atoms with Crippen LogP contribution >= 0.6 is 0 Å². The third kappa shape index (κ3) is 4.37. The van der Waals surface area contributed by atoms with E-state index in [1.165, 1.54) is 30.0 Å². The zero-order chi connectivity index (χ0) is 24.7. The summed E-state index contributed by atoms with van der Waals surface area (Å²) in [4.78, 5) is 26.4. The maximum Gasteiger partial charge on any atom is 0.422 e.